The Labute approximate surface area is 178 Å². The van der Waals surface area contributed by atoms with Crippen LogP contribution in [0, 0.1) is 0 Å². The number of methoxy groups -OCH3 is 2. The van der Waals surface area contributed by atoms with Gasteiger partial charge in [-0.05, 0) is 25.0 Å². The van der Waals surface area contributed by atoms with E-state index in [1.165, 1.54) is 11.3 Å². The van der Waals surface area contributed by atoms with Crippen LogP contribution in [0.25, 0.3) is 10.2 Å². The molecule has 1 saturated carbocycles. The minimum absolute atomic E-state index is 0.0911. The van der Waals surface area contributed by atoms with E-state index in [9.17, 15) is 4.79 Å². The number of amides is 1. The van der Waals surface area contributed by atoms with Crippen LogP contribution in [0.4, 0.5) is 11.6 Å². The Morgan fingerprint density at radius 3 is 2.77 bits per heavy atom. The number of hydrogen-bond donors (Lipinski definition) is 3. The maximum Gasteiger partial charge on any atom is 0.258 e. The number of carbonyl (C=O) groups excluding carboxylic acids is 1. The number of ether oxygens (including phenoxy) is 2. The maximum absolute atomic E-state index is 12.9. The van der Waals surface area contributed by atoms with Crippen molar-refractivity contribution in [2.45, 2.75) is 37.8 Å². The number of thiophene rings is 1. The molecule has 8 nitrogen and oxygen atoms in total. The fourth-order valence-corrected chi connectivity index (χ4v) is 4.52. The van der Waals surface area contributed by atoms with E-state index in [0.29, 0.717) is 34.2 Å². The van der Waals surface area contributed by atoms with Crippen molar-refractivity contribution in [3.8, 4) is 11.5 Å². The molecule has 2 atom stereocenters. The van der Waals surface area contributed by atoms with Gasteiger partial charge in [-0.3, -0.25) is 4.79 Å². The molecule has 30 heavy (non-hydrogen) atoms. The topological polar surface area (TPSA) is 111 Å². The van der Waals surface area contributed by atoms with Gasteiger partial charge in [-0.15, -0.1) is 11.3 Å². The molecular weight excluding hydrogens is 402 g/mol. The van der Waals surface area contributed by atoms with Crippen molar-refractivity contribution in [3.05, 3.63) is 35.3 Å². The van der Waals surface area contributed by atoms with Crippen molar-refractivity contribution in [1.82, 2.24) is 9.97 Å². The summed E-state index contributed by atoms with van der Waals surface area (Å²) in [6.45, 7) is 0. The van der Waals surface area contributed by atoms with E-state index in [4.69, 9.17) is 15.2 Å². The third kappa shape index (κ3) is 4.17. The monoisotopic (exact) mass is 427 g/mol. The molecule has 3 aromatic rings. The lowest BCUT2D eigenvalue weighted by atomic mass is 9.91. The number of carbonyl (C=O) groups is 1. The number of anilines is 2. The van der Waals surface area contributed by atoms with Crippen molar-refractivity contribution in [2.24, 2.45) is 5.73 Å². The Bertz CT molecular complexity index is 1050. The average Bonchev–Trinajstić information content (AvgIpc) is 3.18. The molecule has 0 aliphatic heterocycles. The molecular formula is C21H25N5O3S. The predicted octanol–water partition coefficient (Wildman–Crippen LogP) is 3.64. The van der Waals surface area contributed by atoms with Gasteiger partial charge >= 0.3 is 0 Å². The molecule has 0 unspecified atom stereocenters. The first kappa shape index (κ1) is 20.4. The summed E-state index contributed by atoms with van der Waals surface area (Å²) in [7, 11) is 3.12. The van der Waals surface area contributed by atoms with E-state index in [1.54, 1.807) is 44.0 Å². The van der Waals surface area contributed by atoms with E-state index >= 15 is 0 Å². The third-order valence-electron chi connectivity index (χ3n) is 5.33. The number of benzene rings is 1. The van der Waals surface area contributed by atoms with Crippen LogP contribution >= 0.6 is 11.3 Å². The van der Waals surface area contributed by atoms with Crippen LogP contribution in [0.15, 0.2) is 29.8 Å². The molecule has 2 heterocycles. The smallest absolute Gasteiger partial charge is 0.258 e. The fourth-order valence-electron chi connectivity index (χ4n) is 3.68. The number of nitrogens with two attached hydrogens (primary N) is 1. The zero-order chi connectivity index (χ0) is 21.1. The van der Waals surface area contributed by atoms with E-state index in [0.717, 1.165) is 30.4 Å². The van der Waals surface area contributed by atoms with Gasteiger partial charge in [-0.25, -0.2) is 9.97 Å². The van der Waals surface area contributed by atoms with Gasteiger partial charge in [0.25, 0.3) is 5.91 Å². The largest absolute Gasteiger partial charge is 0.493 e. The van der Waals surface area contributed by atoms with Gasteiger partial charge in [-0.1, -0.05) is 12.8 Å². The summed E-state index contributed by atoms with van der Waals surface area (Å²) in [6.07, 6.45) is 6.04. The van der Waals surface area contributed by atoms with Gasteiger partial charge < -0.3 is 25.8 Å². The normalized spacial score (nSPS) is 18.8. The lowest BCUT2D eigenvalue weighted by Crippen LogP contribution is -2.42. The molecule has 4 rings (SSSR count). The highest BCUT2D eigenvalue weighted by molar-refractivity contribution is 7.17. The van der Waals surface area contributed by atoms with Crippen molar-refractivity contribution in [1.29, 1.82) is 0 Å². The quantitative estimate of drug-likeness (QED) is 0.551. The first-order valence-electron chi connectivity index (χ1n) is 9.88. The van der Waals surface area contributed by atoms with Gasteiger partial charge in [0.2, 0.25) is 5.95 Å². The van der Waals surface area contributed by atoms with Crippen molar-refractivity contribution >= 4 is 39.1 Å². The molecule has 1 fully saturated rings. The summed E-state index contributed by atoms with van der Waals surface area (Å²) in [5.41, 5.74) is 7.97. The van der Waals surface area contributed by atoms with Gasteiger partial charge in [0.15, 0.2) is 11.5 Å². The first-order valence-corrected chi connectivity index (χ1v) is 10.8. The van der Waals surface area contributed by atoms with Gasteiger partial charge in [0.1, 0.15) is 0 Å². The number of rotatable bonds is 6. The molecule has 0 radical (unpaired) electrons. The SMILES string of the molecule is COc1ccc(NC(=O)c2csc3cnc(N[C@@H]4CCCC[C@@H]4N)nc23)cc1OC. The minimum Gasteiger partial charge on any atom is -0.493 e. The van der Waals surface area contributed by atoms with Crippen molar-refractivity contribution in [2.75, 3.05) is 24.9 Å². The molecule has 158 valence electrons. The molecule has 0 spiro atoms. The molecule has 1 aromatic carbocycles. The van der Waals surface area contributed by atoms with E-state index in [2.05, 4.69) is 20.6 Å². The standard InChI is InChI=1S/C21H25N5O3S/c1-28-16-8-7-12(9-17(16)29-2)24-20(27)13-11-30-18-10-23-21(26-19(13)18)25-15-6-4-3-5-14(15)22/h7-11,14-15H,3-6,22H2,1-2H3,(H,24,27)(H,23,25,26)/t14-,15+/m0/s1. The summed E-state index contributed by atoms with van der Waals surface area (Å²) >= 11 is 1.44. The average molecular weight is 428 g/mol. The molecule has 1 aliphatic rings. The van der Waals surface area contributed by atoms with E-state index in [-0.39, 0.29) is 18.0 Å². The van der Waals surface area contributed by atoms with Crippen molar-refractivity contribution < 1.29 is 14.3 Å². The molecule has 1 amide bonds. The van der Waals surface area contributed by atoms with Crippen LogP contribution in [-0.4, -0.2) is 42.2 Å². The fraction of sp³-hybridized carbons (Fsp3) is 0.381. The number of aromatic nitrogens is 2. The Morgan fingerprint density at radius 2 is 2.00 bits per heavy atom. The summed E-state index contributed by atoms with van der Waals surface area (Å²) < 4.78 is 11.4. The highest BCUT2D eigenvalue weighted by atomic mass is 32.1. The Balaban J connectivity index is 1.55. The van der Waals surface area contributed by atoms with Gasteiger partial charge in [0, 0.05) is 29.2 Å². The van der Waals surface area contributed by atoms with Crippen LogP contribution in [0.3, 0.4) is 0 Å². The molecule has 2 aromatic heterocycles. The number of nitrogens with zero attached hydrogens (tertiary/aromatic N) is 2. The zero-order valence-corrected chi connectivity index (χ0v) is 17.8. The number of fused-ring (bicyclic) bond motifs is 1. The Hall–Kier alpha value is -2.91. The first-order chi connectivity index (χ1) is 14.6. The van der Waals surface area contributed by atoms with Crippen molar-refractivity contribution in [3.63, 3.8) is 0 Å². The summed E-state index contributed by atoms with van der Waals surface area (Å²) in [5, 5.41) is 8.05. The second-order valence-electron chi connectivity index (χ2n) is 7.28. The Kier molecular flexibility index (Phi) is 6.01. The lowest BCUT2D eigenvalue weighted by molar-refractivity contribution is 0.102. The maximum atomic E-state index is 12.9. The summed E-state index contributed by atoms with van der Waals surface area (Å²) in [5.74, 6) is 1.40. The summed E-state index contributed by atoms with van der Waals surface area (Å²) in [6, 6.07) is 5.47. The Morgan fingerprint density at radius 1 is 1.20 bits per heavy atom. The molecule has 4 N–H and O–H groups in total. The van der Waals surface area contributed by atoms with E-state index < -0.39 is 0 Å². The number of nitrogens with one attached hydrogen (secondary N) is 2. The zero-order valence-electron chi connectivity index (χ0n) is 17.0. The summed E-state index contributed by atoms with van der Waals surface area (Å²) in [4.78, 5) is 21.9. The third-order valence-corrected chi connectivity index (χ3v) is 6.24. The van der Waals surface area contributed by atoms with E-state index in [1.807, 2.05) is 0 Å². The molecule has 0 bridgehead atoms. The molecule has 9 heteroatoms. The molecule has 0 saturated heterocycles. The van der Waals surface area contributed by atoms with Crippen LogP contribution in [0.5, 0.6) is 11.5 Å². The second kappa shape index (κ2) is 8.85. The highest BCUT2D eigenvalue weighted by Crippen LogP contribution is 2.31. The minimum atomic E-state index is -0.243. The molecule has 1 aliphatic carbocycles. The van der Waals surface area contributed by atoms with Crippen LogP contribution < -0.4 is 25.8 Å². The number of hydrogen-bond acceptors (Lipinski definition) is 8. The second-order valence-corrected chi connectivity index (χ2v) is 8.19. The van der Waals surface area contributed by atoms with Crippen LogP contribution in [0.1, 0.15) is 36.0 Å². The van der Waals surface area contributed by atoms with Gasteiger partial charge in [-0.2, -0.15) is 0 Å². The predicted molar refractivity (Wildman–Crippen MR) is 119 cm³/mol. The van der Waals surface area contributed by atoms with Crippen LogP contribution in [0.2, 0.25) is 0 Å². The highest BCUT2D eigenvalue weighted by Gasteiger charge is 2.23. The van der Waals surface area contributed by atoms with Gasteiger partial charge in [0.05, 0.1) is 36.2 Å². The lowest BCUT2D eigenvalue weighted by Gasteiger charge is -2.29. The van der Waals surface area contributed by atoms with Crippen LogP contribution in [-0.2, 0) is 0 Å².